The zero-order chi connectivity index (χ0) is 11.5. The fraction of sp³-hybridized carbons (Fsp3) is 0.444. The fourth-order valence-electron chi connectivity index (χ4n) is 1.39. The molecule has 0 aliphatic rings. The Morgan fingerprint density at radius 1 is 1.69 bits per heavy atom. The molecule has 0 aromatic carbocycles. The summed E-state index contributed by atoms with van der Waals surface area (Å²) in [5, 5.41) is 9.15. The second kappa shape index (κ2) is 4.31. The Bertz CT molecular complexity index is 532. The zero-order valence-corrected chi connectivity index (χ0v) is 9.10. The van der Waals surface area contributed by atoms with Gasteiger partial charge in [-0.1, -0.05) is 0 Å². The molecule has 0 bridgehead atoms. The van der Waals surface area contributed by atoms with Gasteiger partial charge in [-0.25, -0.2) is 19.3 Å². The average molecular weight is 223 g/mol. The van der Waals surface area contributed by atoms with Crippen LogP contribution in [0.2, 0.25) is 0 Å². The molecule has 2 rings (SSSR count). The number of nitrogens with zero attached hydrogens (tertiary/aromatic N) is 3. The Labute approximate surface area is 91.5 Å². The third kappa shape index (κ3) is 2.03. The van der Waals surface area contributed by atoms with E-state index < -0.39 is 0 Å². The summed E-state index contributed by atoms with van der Waals surface area (Å²) in [5.41, 5.74) is 0.184. The summed E-state index contributed by atoms with van der Waals surface area (Å²) in [6, 6.07) is 1.62. The van der Waals surface area contributed by atoms with Crippen molar-refractivity contribution in [3.8, 4) is 5.88 Å². The van der Waals surface area contributed by atoms with Gasteiger partial charge in [-0.15, -0.1) is 0 Å². The van der Waals surface area contributed by atoms with Crippen molar-refractivity contribution in [1.82, 2.24) is 24.9 Å². The van der Waals surface area contributed by atoms with Crippen LogP contribution < -0.4 is 15.7 Å². The molecule has 0 saturated carbocycles. The number of rotatable bonds is 4. The largest absolute Gasteiger partial charge is 0.473 e. The van der Waals surface area contributed by atoms with E-state index in [0.717, 1.165) is 6.54 Å². The molecule has 2 aromatic rings. The van der Waals surface area contributed by atoms with E-state index in [2.05, 4.69) is 20.5 Å². The Hall–Kier alpha value is -1.89. The lowest BCUT2D eigenvalue weighted by atomic mass is 10.4. The van der Waals surface area contributed by atoms with Crippen LogP contribution in [0.5, 0.6) is 5.88 Å². The molecule has 0 radical (unpaired) electrons. The van der Waals surface area contributed by atoms with Gasteiger partial charge in [0.15, 0.2) is 5.65 Å². The molecule has 2 aromatic heterocycles. The monoisotopic (exact) mass is 223 g/mol. The van der Waals surface area contributed by atoms with E-state index in [0.29, 0.717) is 11.5 Å². The number of fused-ring (bicyclic) bond motifs is 1. The van der Waals surface area contributed by atoms with Gasteiger partial charge in [0.25, 0.3) is 0 Å². The van der Waals surface area contributed by atoms with Crippen molar-refractivity contribution < 1.29 is 4.74 Å². The van der Waals surface area contributed by atoms with Crippen LogP contribution in [-0.4, -0.2) is 39.3 Å². The number of aromatic nitrogens is 4. The molecule has 0 fully saturated rings. The van der Waals surface area contributed by atoms with E-state index in [1.165, 1.54) is 10.7 Å². The lowest BCUT2D eigenvalue weighted by Crippen LogP contribution is -2.26. The summed E-state index contributed by atoms with van der Waals surface area (Å²) in [4.78, 5) is 15.2. The van der Waals surface area contributed by atoms with E-state index in [-0.39, 0.29) is 11.8 Å². The van der Waals surface area contributed by atoms with Crippen LogP contribution in [0.4, 0.5) is 0 Å². The van der Waals surface area contributed by atoms with Gasteiger partial charge in [-0.2, -0.15) is 5.10 Å². The smallest absolute Gasteiger partial charge is 0.348 e. The second-order valence-corrected chi connectivity index (χ2v) is 3.47. The van der Waals surface area contributed by atoms with Gasteiger partial charge in [0.2, 0.25) is 5.88 Å². The molecule has 0 aliphatic heterocycles. The molecule has 86 valence electrons. The van der Waals surface area contributed by atoms with Crippen molar-refractivity contribution in [1.29, 1.82) is 0 Å². The van der Waals surface area contributed by atoms with E-state index in [9.17, 15) is 4.79 Å². The third-order valence-corrected chi connectivity index (χ3v) is 2.10. The molecule has 0 amide bonds. The maximum absolute atomic E-state index is 11.2. The van der Waals surface area contributed by atoms with Crippen LogP contribution in [0.3, 0.4) is 0 Å². The fourth-order valence-corrected chi connectivity index (χ4v) is 1.39. The molecule has 16 heavy (non-hydrogen) atoms. The highest BCUT2D eigenvalue weighted by Gasteiger charge is 2.06. The molecular formula is C9H13N5O2. The second-order valence-electron chi connectivity index (χ2n) is 3.47. The molecule has 0 saturated heterocycles. The summed E-state index contributed by atoms with van der Waals surface area (Å²) in [6.07, 6.45) is 1.40. The molecule has 7 heteroatoms. The summed E-state index contributed by atoms with van der Waals surface area (Å²) in [6.45, 7) is 2.65. The van der Waals surface area contributed by atoms with Crippen molar-refractivity contribution >= 4 is 5.65 Å². The van der Waals surface area contributed by atoms with Gasteiger partial charge in [0.1, 0.15) is 12.4 Å². The number of nitrogens with one attached hydrogen (secondary N) is 2. The van der Waals surface area contributed by atoms with Crippen molar-refractivity contribution in [3.05, 3.63) is 22.9 Å². The number of likely N-dealkylation sites (N-methyl/N-ethyl adjacent to an activating group) is 1. The Morgan fingerprint density at radius 2 is 2.50 bits per heavy atom. The Kier molecular flexibility index (Phi) is 2.86. The van der Waals surface area contributed by atoms with Crippen LogP contribution in [0.15, 0.2) is 17.2 Å². The minimum absolute atomic E-state index is 0.00520. The first-order valence-corrected chi connectivity index (χ1v) is 4.94. The number of aromatic amines is 1. The zero-order valence-electron chi connectivity index (χ0n) is 9.10. The maximum Gasteiger partial charge on any atom is 0.348 e. The van der Waals surface area contributed by atoms with Gasteiger partial charge in [-0.3, -0.25) is 0 Å². The van der Waals surface area contributed by atoms with Crippen LogP contribution in [0, 0.1) is 0 Å². The van der Waals surface area contributed by atoms with E-state index >= 15 is 0 Å². The number of hydrogen-bond donors (Lipinski definition) is 2. The van der Waals surface area contributed by atoms with Gasteiger partial charge in [0.05, 0.1) is 0 Å². The maximum atomic E-state index is 11.2. The first kappa shape index (κ1) is 10.6. The predicted octanol–water partition coefficient (Wildman–Crippen LogP) is -0.596. The highest BCUT2D eigenvalue weighted by Crippen LogP contribution is 2.08. The molecule has 0 spiro atoms. The summed E-state index contributed by atoms with van der Waals surface area (Å²) >= 11 is 0. The summed E-state index contributed by atoms with van der Waals surface area (Å²) in [7, 11) is 1.85. The molecule has 1 unspecified atom stereocenters. The van der Waals surface area contributed by atoms with E-state index in [1.807, 2.05) is 14.0 Å². The van der Waals surface area contributed by atoms with Crippen LogP contribution in [0.25, 0.3) is 5.65 Å². The van der Waals surface area contributed by atoms with Gasteiger partial charge in [0, 0.05) is 12.6 Å². The first-order chi connectivity index (χ1) is 7.70. The van der Waals surface area contributed by atoms with Crippen molar-refractivity contribution in [2.75, 3.05) is 13.6 Å². The summed E-state index contributed by atoms with van der Waals surface area (Å²) in [5.74, 6) is 0.453. The highest BCUT2D eigenvalue weighted by atomic mass is 16.5. The number of ether oxygens (including phenoxy) is 1. The Morgan fingerprint density at radius 3 is 3.25 bits per heavy atom. The Balaban J connectivity index is 2.23. The topological polar surface area (TPSA) is 84.3 Å². The predicted molar refractivity (Wildman–Crippen MR) is 57.6 cm³/mol. The van der Waals surface area contributed by atoms with Crippen LogP contribution in [0.1, 0.15) is 6.92 Å². The van der Waals surface area contributed by atoms with Crippen molar-refractivity contribution in [2.24, 2.45) is 0 Å². The summed E-state index contributed by atoms with van der Waals surface area (Å²) < 4.78 is 6.84. The van der Waals surface area contributed by atoms with Gasteiger partial charge < -0.3 is 10.1 Å². The minimum Gasteiger partial charge on any atom is -0.473 e. The van der Waals surface area contributed by atoms with E-state index in [1.54, 1.807) is 6.07 Å². The SMILES string of the molecule is CNCC(C)Oc1cc2n[nH]c(=O)n2cn1. The molecule has 2 N–H and O–H groups in total. The lowest BCUT2D eigenvalue weighted by Gasteiger charge is -2.12. The van der Waals surface area contributed by atoms with Gasteiger partial charge in [-0.05, 0) is 14.0 Å². The van der Waals surface area contributed by atoms with Gasteiger partial charge >= 0.3 is 5.69 Å². The average Bonchev–Trinajstić information content (AvgIpc) is 2.60. The molecule has 7 nitrogen and oxygen atoms in total. The van der Waals surface area contributed by atoms with Crippen molar-refractivity contribution in [2.45, 2.75) is 13.0 Å². The molecule has 2 heterocycles. The van der Waals surface area contributed by atoms with E-state index in [4.69, 9.17) is 4.74 Å². The molecule has 1 atom stereocenters. The van der Waals surface area contributed by atoms with Crippen LogP contribution in [-0.2, 0) is 0 Å². The standard InChI is InChI=1S/C9H13N5O2/c1-6(4-10-2)16-8-3-7-12-13-9(15)14(7)5-11-8/h3,5-6,10H,4H2,1-2H3,(H,13,15). The number of H-pyrrole nitrogens is 1. The molecular weight excluding hydrogens is 210 g/mol. The number of hydrogen-bond acceptors (Lipinski definition) is 5. The quantitative estimate of drug-likeness (QED) is 0.723. The van der Waals surface area contributed by atoms with Crippen molar-refractivity contribution in [3.63, 3.8) is 0 Å². The minimum atomic E-state index is -0.308. The van der Waals surface area contributed by atoms with Crippen LogP contribution >= 0.6 is 0 Å². The molecule has 0 aliphatic carbocycles. The lowest BCUT2D eigenvalue weighted by molar-refractivity contribution is 0.211. The first-order valence-electron chi connectivity index (χ1n) is 4.94. The third-order valence-electron chi connectivity index (χ3n) is 2.10. The normalized spacial score (nSPS) is 12.9. The highest BCUT2D eigenvalue weighted by molar-refractivity contribution is 5.39.